The highest BCUT2D eigenvalue weighted by Crippen LogP contribution is 2.39. The summed E-state index contributed by atoms with van der Waals surface area (Å²) in [6.45, 7) is 0. The minimum Gasteiger partial charge on any atom is -0.387 e. The maximum Gasteiger partial charge on any atom is 0.104 e. The van der Waals surface area contributed by atoms with Gasteiger partial charge in [0.05, 0.1) is 22.2 Å². The SMILES string of the molecule is OC(c1ccccc1)C(c1ccccc1)c1nc2ccccc2s1. The molecule has 0 bridgehead atoms. The summed E-state index contributed by atoms with van der Waals surface area (Å²) in [4.78, 5) is 4.79. The number of rotatable bonds is 4. The highest BCUT2D eigenvalue weighted by atomic mass is 32.1. The van der Waals surface area contributed by atoms with Crippen molar-refractivity contribution in [1.29, 1.82) is 0 Å². The van der Waals surface area contributed by atoms with Gasteiger partial charge in [-0.1, -0.05) is 72.8 Å². The van der Waals surface area contributed by atoms with Crippen LogP contribution in [0.25, 0.3) is 10.2 Å². The fraction of sp³-hybridized carbons (Fsp3) is 0.0952. The van der Waals surface area contributed by atoms with Gasteiger partial charge in [-0.2, -0.15) is 0 Å². The van der Waals surface area contributed by atoms with Crippen molar-refractivity contribution in [1.82, 2.24) is 4.98 Å². The summed E-state index contributed by atoms with van der Waals surface area (Å²) in [6, 6.07) is 28.1. The van der Waals surface area contributed by atoms with Crippen LogP contribution >= 0.6 is 11.3 Å². The summed E-state index contributed by atoms with van der Waals surface area (Å²) >= 11 is 1.65. The average molecular weight is 331 g/mol. The van der Waals surface area contributed by atoms with E-state index in [9.17, 15) is 5.11 Å². The summed E-state index contributed by atoms with van der Waals surface area (Å²) in [5, 5.41) is 12.0. The maximum absolute atomic E-state index is 11.1. The van der Waals surface area contributed by atoms with Crippen molar-refractivity contribution < 1.29 is 5.11 Å². The van der Waals surface area contributed by atoms with E-state index in [1.165, 1.54) is 0 Å². The molecule has 0 fully saturated rings. The quantitative estimate of drug-likeness (QED) is 0.560. The lowest BCUT2D eigenvalue weighted by Gasteiger charge is -2.22. The van der Waals surface area contributed by atoms with Crippen LogP contribution in [0.1, 0.15) is 28.2 Å². The molecule has 0 aliphatic rings. The van der Waals surface area contributed by atoms with Gasteiger partial charge in [-0.05, 0) is 23.3 Å². The van der Waals surface area contributed by atoms with E-state index in [1.807, 2.05) is 66.7 Å². The van der Waals surface area contributed by atoms with E-state index < -0.39 is 6.10 Å². The molecule has 3 heteroatoms. The number of benzene rings is 3. The maximum atomic E-state index is 11.1. The largest absolute Gasteiger partial charge is 0.387 e. The topological polar surface area (TPSA) is 33.1 Å². The molecule has 1 N–H and O–H groups in total. The predicted octanol–water partition coefficient (Wildman–Crippen LogP) is 5.16. The van der Waals surface area contributed by atoms with Gasteiger partial charge in [0.2, 0.25) is 0 Å². The zero-order chi connectivity index (χ0) is 16.4. The second kappa shape index (κ2) is 6.56. The van der Waals surface area contributed by atoms with Gasteiger partial charge in [-0.25, -0.2) is 4.98 Å². The number of hydrogen-bond acceptors (Lipinski definition) is 3. The molecule has 0 saturated carbocycles. The lowest BCUT2D eigenvalue weighted by molar-refractivity contribution is 0.159. The summed E-state index contributed by atoms with van der Waals surface area (Å²) < 4.78 is 1.15. The molecule has 1 aromatic heterocycles. The number of fused-ring (bicyclic) bond motifs is 1. The number of aliphatic hydroxyl groups is 1. The van der Waals surface area contributed by atoms with E-state index in [0.717, 1.165) is 26.4 Å². The Kier molecular flexibility index (Phi) is 4.11. The van der Waals surface area contributed by atoms with Gasteiger partial charge < -0.3 is 5.11 Å². The molecule has 0 amide bonds. The Morgan fingerprint density at radius 3 is 1.96 bits per heavy atom. The van der Waals surface area contributed by atoms with Crippen molar-refractivity contribution in [3.05, 3.63) is 101 Å². The lowest BCUT2D eigenvalue weighted by atomic mass is 9.89. The van der Waals surface area contributed by atoms with Crippen LogP contribution in [0.4, 0.5) is 0 Å². The highest BCUT2D eigenvalue weighted by molar-refractivity contribution is 7.18. The number of hydrogen-bond donors (Lipinski definition) is 1. The Morgan fingerprint density at radius 2 is 1.29 bits per heavy atom. The molecule has 24 heavy (non-hydrogen) atoms. The molecule has 0 radical (unpaired) electrons. The van der Waals surface area contributed by atoms with Gasteiger partial charge in [-0.3, -0.25) is 0 Å². The number of aliphatic hydroxyl groups excluding tert-OH is 1. The second-order valence-electron chi connectivity index (χ2n) is 5.76. The minimum absolute atomic E-state index is 0.175. The monoisotopic (exact) mass is 331 g/mol. The van der Waals surface area contributed by atoms with Crippen molar-refractivity contribution in [2.24, 2.45) is 0 Å². The van der Waals surface area contributed by atoms with Gasteiger partial charge in [0.1, 0.15) is 5.01 Å². The summed E-state index contributed by atoms with van der Waals surface area (Å²) in [5.74, 6) is -0.175. The van der Waals surface area contributed by atoms with Crippen molar-refractivity contribution in [3.8, 4) is 0 Å². The highest BCUT2D eigenvalue weighted by Gasteiger charge is 2.27. The molecule has 1 heterocycles. The molecule has 0 saturated heterocycles. The molecule has 3 aromatic carbocycles. The van der Waals surface area contributed by atoms with Crippen molar-refractivity contribution in [2.75, 3.05) is 0 Å². The van der Waals surface area contributed by atoms with Crippen LogP contribution in [0.5, 0.6) is 0 Å². The van der Waals surface area contributed by atoms with Gasteiger partial charge in [0, 0.05) is 0 Å². The third-order valence-electron chi connectivity index (χ3n) is 4.19. The Bertz CT molecular complexity index is 901. The number of nitrogens with zero attached hydrogens (tertiary/aromatic N) is 1. The van der Waals surface area contributed by atoms with Crippen LogP contribution < -0.4 is 0 Å². The van der Waals surface area contributed by atoms with Crippen molar-refractivity contribution in [2.45, 2.75) is 12.0 Å². The Hall–Kier alpha value is -2.49. The van der Waals surface area contributed by atoms with Gasteiger partial charge in [0.25, 0.3) is 0 Å². The Balaban J connectivity index is 1.84. The first-order valence-corrected chi connectivity index (χ1v) is 8.78. The molecule has 0 aliphatic carbocycles. The lowest BCUT2D eigenvalue weighted by Crippen LogP contribution is -2.12. The van der Waals surface area contributed by atoms with E-state index >= 15 is 0 Å². The minimum atomic E-state index is -0.630. The third kappa shape index (κ3) is 2.84. The smallest absolute Gasteiger partial charge is 0.104 e. The van der Waals surface area contributed by atoms with Crippen molar-refractivity contribution in [3.63, 3.8) is 0 Å². The normalized spacial score (nSPS) is 13.7. The van der Waals surface area contributed by atoms with E-state index in [2.05, 4.69) is 18.2 Å². The van der Waals surface area contributed by atoms with E-state index in [1.54, 1.807) is 11.3 Å². The van der Waals surface area contributed by atoms with E-state index in [0.29, 0.717) is 0 Å². The Labute approximate surface area is 145 Å². The first-order chi connectivity index (χ1) is 11.8. The van der Waals surface area contributed by atoms with Crippen LogP contribution in [-0.4, -0.2) is 10.1 Å². The van der Waals surface area contributed by atoms with Crippen LogP contribution in [0.15, 0.2) is 84.9 Å². The molecule has 4 aromatic rings. The molecule has 0 aliphatic heterocycles. The molecule has 4 rings (SSSR count). The van der Waals surface area contributed by atoms with Crippen LogP contribution in [-0.2, 0) is 0 Å². The van der Waals surface area contributed by atoms with E-state index in [4.69, 9.17) is 4.98 Å². The van der Waals surface area contributed by atoms with Gasteiger partial charge >= 0.3 is 0 Å². The van der Waals surface area contributed by atoms with Crippen molar-refractivity contribution >= 4 is 21.6 Å². The zero-order valence-electron chi connectivity index (χ0n) is 13.0. The third-order valence-corrected chi connectivity index (χ3v) is 5.31. The second-order valence-corrected chi connectivity index (χ2v) is 6.83. The first kappa shape index (κ1) is 15.1. The van der Waals surface area contributed by atoms with Crippen LogP contribution in [0.3, 0.4) is 0 Å². The van der Waals surface area contributed by atoms with Crippen LogP contribution in [0.2, 0.25) is 0 Å². The average Bonchev–Trinajstić information content (AvgIpc) is 3.07. The molecular weight excluding hydrogens is 314 g/mol. The molecule has 118 valence electrons. The van der Waals surface area contributed by atoms with E-state index in [-0.39, 0.29) is 5.92 Å². The van der Waals surface area contributed by atoms with Gasteiger partial charge in [-0.15, -0.1) is 11.3 Å². The summed E-state index contributed by atoms with van der Waals surface area (Å²) in [6.07, 6.45) is -0.630. The number of aromatic nitrogens is 1. The molecule has 2 atom stereocenters. The first-order valence-electron chi connectivity index (χ1n) is 7.96. The number of para-hydroxylation sites is 1. The standard InChI is InChI=1S/C21H17NOS/c23-20(16-11-5-2-6-12-16)19(15-9-3-1-4-10-15)21-22-17-13-7-8-14-18(17)24-21/h1-14,19-20,23H. The zero-order valence-corrected chi connectivity index (χ0v) is 13.9. The predicted molar refractivity (Wildman–Crippen MR) is 99.3 cm³/mol. The van der Waals surface area contributed by atoms with Crippen LogP contribution in [0, 0.1) is 0 Å². The summed E-state index contributed by atoms with van der Waals surface area (Å²) in [5.41, 5.74) is 2.97. The summed E-state index contributed by atoms with van der Waals surface area (Å²) in [7, 11) is 0. The van der Waals surface area contributed by atoms with Gasteiger partial charge in [0.15, 0.2) is 0 Å². The fourth-order valence-corrected chi connectivity index (χ4v) is 4.11. The fourth-order valence-electron chi connectivity index (χ4n) is 2.99. The molecule has 2 unspecified atom stereocenters. The molecule has 2 nitrogen and oxygen atoms in total. The Morgan fingerprint density at radius 1 is 0.708 bits per heavy atom. The molecular formula is C21H17NOS. The number of thiazole rings is 1. The molecule has 0 spiro atoms.